The fourth-order valence-electron chi connectivity index (χ4n) is 2.05. The van der Waals surface area contributed by atoms with Crippen molar-refractivity contribution >= 4 is 23.2 Å². The molecule has 1 aromatic heterocycles. The number of pyridine rings is 1. The Labute approximate surface area is 142 Å². The molecule has 0 saturated carbocycles. The van der Waals surface area contributed by atoms with Crippen molar-refractivity contribution in [3.8, 4) is 11.5 Å². The number of halogens is 1. The first-order chi connectivity index (χ1) is 11.6. The second-order valence-corrected chi connectivity index (χ2v) is 5.37. The number of anilines is 1. The molecule has 0 saturated heterocycles. The average Bonchev–Trinajstić information content (AvgIpc) is 2.58. The maximum Gasteiger partial charge on any atom is 0.266 e. The van der Waals surface area contributed by atoms with Gasteiger partial charge in [0.05, 0.1) is 5.56 Å². The normalized spacial score (nSPS) is 10.2. The molecule has 5 nitrogen and oxygen atoms in total. The van der Waals surface area contributed by atoms with Crippen molar-refractivity contribution < 1.29 is 9.53 Å². The van der Waals surface area contributed by atoms with E-state index in [1.807, 2.05) is 30.3 Å². The largest absolute Gasteiger partial charge is 0.457 e. The molecular formula is C18H13ClN2O3. The Bertz CT molecular complexity index is 923. The summed E-state index contributed by atoms with van der Waals surface area (Å²) in [5.74, 6) is 0.914. The van der Waals surface area contributed by atoms with Crippen molar-refractivity contribution in [3.63, 3.8) is 0 Å². The summed E-state index contributed by atoms with van der Waals surface area (Å²) in [6.07, 6.45) is 1.31. The predicted octanol–water partition coefficient (Wildman–Crippen LogP) is 4.07. The molecule has 2 aromatic carbocycles. The Balaban J connectivity index is 1.75. The molecule has 0 aliphatic rings. The number of carbonyl (C=O) groups excluding carboxylic acids is 1. The molecule has 2 N–H and O–H groups in total. The van der Waals surface area contributed by atoms with Gasteiger partial charge in [-0.2, -0.15) is 0 Å². The maximum absolute atomic E-state index is 12.2. The Morgan fingerprint density at radius 2 is 1.75 bits per heavy atom. The summed E-state index contributed by atoms with van der Waals surface area (Å²) < 4.78 is 5.72. The van der Waals surface area contributed by atoms with Gasteiger partial charge in [0.1, 0.15) is 16.5 Å². The molecule has 0 spiro atoms. The molecule has 1 amide bonds. The first-order valence-electron chi connectivity index (χ1n) is 7.14. The summed E-state index contributed by atoms with van der Waals surface area (Å²) in [7, 11) is 0. The van der Waals surface area contributed by atoms with Crippen LogP contribution in [-0.4, -0.2) is 10.9 Å². The topological polar surface area (TPSA) is 71.2 Å². The minimum absolute atomic E-state index is 0.0381. The van der Waals surface area contributed by atoms with Crippen LogP contribution in [0.15, 0.2) is 71.7 Å². The zero-order valence-corrected chi connectivity index (χ0v) is 13.2. The van der Waals surface area contributed by atoms with Crippen LogP contribution in [0, 0.1) is 0 Å². The number of ether oxygens (including phenoxy) is 1. The average molecular weight is 341 g/mol. The van der Waals surface area contributed by atoms with E-state index >= 15 is 0 Å². The van der Waals surface area contributed by atoms with Crippen LogP contribution in [0.25, 0.3) is 0 Å². The molecule has 0 radical (unpaired) electrons. The summed E-state index contributed by atoms with van der Waals surface area (Å²) in [4.78, 5) is 25.9. The number of hydrogen-bond acceptors (Lipinski definition) is 3. The van der Waals surface area contributed by atoms with E-state index < -0.39 is 5.56 Å². The molecule has 0 atom stereocenters. The van der Waals surface area contributed by atoms with Gasteiger partial charge in [-0.1, -0.05) is 35.9 Å². The van der Waals surface area contributed by atoms with E-state index in [-0.39, 0.29) is 16.5 Å². The van der Waals surface area contributed by atoms with Crippen LogP contribution in [-0.2, 0) is 0 Å². The second-order valence-electron chi connectivity index (χ2n) is 4.96. The molecule has 3 rings (SSSR count). The van der Waals surface area contributed by atoms with Gasteiger partial charge in [0.25, 0.3) is 11.5 Å². The molecule has 0 aliphatic carbocycles. The van der Waals surface area contributed by atoms with Gasteiger partial charge < -0.3 is 15.0 Å². The Morgan fingerprint density at radius 3 is 2.50 bits per heavy atom. The molecule has 1 heterocycles. The molecule has 6 heteroatoms. The quantitative estimate of drug-likeness (QED) is 0.752. The number of aromatic amines is 1. The van der Waals surface area contributed by atoms with Gasteiger partial charge in [0.15, 0.2) is 0 Å². The van der Waals surface area contributed by atoms with Gasteiger partial charge in [-0.3, -0.25) is 9.59 Å². The standard InChI is InChI=1S/C18H13ClN2O3/c19-16-9-12(11-20-18(16)23)17(22)21-13-5-4-8-15(10-13)24-14-6-2-1-3-7-14/h1-11H,(H,20,23)(H,21,22). The predicted molar refractivity (Wildman–Crippen MR) is 93.0 cm³/mol. The minimum Gasteiger partial charge on any atom is -0.457 e. The fourth-order valence-corrected chi connectivity index (χ4v) is 2.22. The summed E-state index contributed by atoms with van der Waals surface area (Å²) in [6, 6.07) is 17.7. The fraction of sp³-hybridized carbons (Fsp3) is 0. The second kappa shape index (κ2) is 7.02. The smallest absolute Gasteiger partial charge is 0.266 e. The molecule has 0 aliphatic heterocycles. The third-order valence-corrected chi connectivity index (χ3v) is 3.47. The van der Waals surface area contributed by atoms with Crippen LogP contribution in [0.3, 0.4) is 0 Å². The van der Waals surface area contributed by atoms with Gasteiger partial charge in [-0.15, -0.1) is 0 Å². The van der Waals surface area contributed by atoms with E-state index in [4.69, 9.17) is 16.3 Å². The van der Waals surface area contributed by atoms with Crippen molar-refractivity contribution in [1.29, 1.82) is 0 Å². The first-order valence-corrected chi connectivity index (χ1v) is 7.52. The number of aromatic nitrogens is 1. The minimum atomic E-state index is -0.438. The van der Waals surface area contributed by atoms with Crippen LogP contribution >= 0.6 is 11.6 Å². The van der Waals surface area contributed by atoms with Gasteiger partial charge in [0.2, 0.25) is 0 Å². The summed E-state index contributed by atoms with van der Waals surface area (Å²) in [6.45, 7) is 0. The number of amides is 1. The highest BCUT2D eigenvalue weighted by Crippen LogP contribution is 2.24. The van der Waals surface area contributed by atoms with E-state index in [1.54, 1.807) is 24.3 Å². The van der Waals surface area contributed by atoms with Crippen LogP contribution in [0.2, 0.25) is 5.02 Å². The third kappa shape index (κ3) is 3.83. The zero-order chi connectivity index (χ0) is 16.9. The molecule has 0 unspecified atom stereocenters. The van der Waals surface area contributed by atoms with E-state index in [0.29, 0.717) is 17.2 Å². The van der Waals surface area contributed by atoms with Gasteiger partial charge >= 0.3 is 0 Å². The molecule has 0 bridgehead atoms. The van der Waals surface area contributed by atoms with E-state index in [0.717, 1.165) is 0 Å². The Kier molecular flexibility index (Phi) is 4.63. The highest BCUT2D eigenvalue weighted by atomic mass is 35.5. The van der Waals surface area contributed by atoms with Gasteiger partial charge in [-0.25, -0.2) is 0 Å². The zero-order valence-electron chi connectivity index (χ0n) is 12.5. The summed E-state index contributed by atoms with van der Waals surface area (Å²) in [5, 5.41) is 2.69. The SMILES string of the molecule is O=C(Nc1cccc(Oc2ccccc2)c1)c1c[nH]c(=O)c(Cl)c1. The van der Waals surface area contributed by atoms with Crippen molar-refractivity contribution in [2.45, 2.75) is 0 Å². The van der Waals surface area contributed by atoms with Crippen molar-refractivity contribution in [1.82, 2.24) is 4.98 Å². The summed E-state index contributed by atoms with van der Waals surface area (Å²) >= 11 is 5.73. The highest BCUT2D eigenvalue weighted by Gasteiger charge is 2.09. The molecule has 3 aromatic rings. The monoisotopic (exact) mass is 340 g/mol. The lowest BCUT2D eigenvalue weighted by atomic mass is 10.2. The van der Waals surface area contributed by atoms with Crippen LogP contribution in [0.5, 0.6) is 11.5 Å². The lowest BCUT2D eigenvalue weighted by Gasteiger charge is -2.09. The van der Waals surface area contributed by atoms with Crippen LogP contribution in [0.1, 0.15) is 10.4 Å². The number of carbonyl (C=O) groups is 1. The Morgan fingerprint density at radius 1 is 1.00 bits per heavy atom. The highest BCUT2D eigenvalue weighted by molar-refractivity contribution is 6.30. The lowest BCUT2D eigenvalue weighted by Crippen LogP contribution is -2.15. The number of hydrogen-bond donors (Lipinski definition) is 2. The van der Waals surface area contributed by atoms with E-state index in [9.17, 15) is 9.59 Å². The number of nitrogens with one attached hydrogen (secondary N) is 2. The van der Waals surface area contributed by atoms with E-state index in [2.05, 4.69) is 10.3 Å². The van der Waals surface area contributed by atoms with Gasteiger partial charge in [-0.05, 0) is 30.3 Å². The maximum atomic E-state index is 12.2. The van der Waals surface area contributed by atoms with Crippen molar-refractivity contribution in [2.75, 3.05) is 5.32 Å². The molecular weight excluding hydrogens is 328 g/mol. The Hall–Kier alpha value is -3.05. The van der Waals surface area contributed by atoms with Crippen molar-refractivity contribution in [2.24, 2.45) is 0 Å². The first kappa shape index (κ1) is 15.8. The number of rotatable bonds is 4. The molecule has 0 fully saturated rings. The number of H-pyrrole nitrogens is 1. The summed E-state index contributed by atoms with van der Waals surface area (Å²) in [5.41, 5.74) is 0.385. The van der Waals surface area contributed by atoms with Gasteiger partial charge in [0, 0.05) is 18.0 Å². The van der Waals surface area contributed by atoms with Crippen LogP contribution < -0.4 is 15.6 Å². The van der Waals surface area contributed by atoms with Crippen LogP contribution in [0.4, 0.5) is 5.69 Å². The lowest BCUT2D eigenvalue weighted by molar-refractivity contribution is 0.102. The number of benzene rings is 2. The van der Waals surface area contributed by atoms with Crippen molar-refractivity contribution in [3.05, 3.63) is 87.8 Å². The van der Waals surface area contributed by atoms with E-state index in [1.165, 1.54) is 12.3 Å². The molecule has 24 heavy (non-hydrogen) atoms. The third-order valence-electron chi connectivity index (χ3n) is 3.19. The molecule has 120 valence electrons. The number of para-hydroxylation sites is 1.